The summed E-state index contributed by atoms with van der Waals surface area (Å²) in [6, 6.07) is 32.4. The van der Waals surface area contributed by atoms with Crippen LogP contribution in [0.5, 0.6) is 5.75 Å². The van der Waals surface area contributed by atoms with Crippen molar-refractivity contribution in [1.82, 2.24) is 10.2 Å². The zero-order chi connectivity index (χ0) is 32.1. The van der Waals surface area contributed by atoms with Crippen LogP contribution in [0.2, 0.25) is 5.02 Å². The second-order valence-electron chi connectivity index (χ2n) is 11.8. The molecule has 3 heterocycles. The number of hydrogen-bond acceptors (Lipinski definition) is 5. The summed E-state index contributed by atoms with van der Waals surface area (Å²) in [5.41, 5.74) is 9.60. The Morgan fingerprint density at radius 2 is 1.49 bits per heavy atom. The smallest absolute Gasteiger partial charge is 0.328 e. The van der Waals surface area contributed by atoms with Gasteiger partial charge in [0.05, 0.1) is 10.6 Å². The van der Waals surface area contributed by atoms with Gasteiger partial charge in [-0.15, -0.1) is 0 Å². The number of aromatic hydroxyl groups is 1. The lowest BCUT2D eigenvalue weighted by Crippen LogP contribution is -2.41. The van der Waals surface area contributed by atoms with Crippen molar-refractivity contribution >= 4 is 23.5 Å². The number of phenolic OH excluding ortho intramolecular Hbond substituents is 1. The van der Waals surface area contributed by atoms with E-state index in [0.29, 0.717) is 23.2 Å². The molecule has 0 radical (unpaired) electrons. The molecule has 0 aliphatic carbocycles. The van der Waals surface area contributed by atoms with Crippen LogP contribution in [0.25, 0.3) is 0 Å². The number of carboxylic acid groups (broad SMARTS) is 2. The van der Waals surface area contributed by atoms with Gasteiger partial charge in [0.1, 0.15) is 5.75 Å². The van der Waals surface area contributed by atoms with Gasteiger partial charge in [0, 0.05) is 37.2 Å². The number of nitrogens with one attached hydrogen (secondary N) is 1. The van der Waals surface area contributed by atoms with E-state index in [2.05, 4.69) is 97.0 Å². The number of aliphatic carboxylic acids is 2. The molecule has 4 N–H and O–H groups in total. The predicted octanol–water partition coefficient (Wildman–Crippen LogP) is 6.53. The predicted molar refractivity (Wildman–Crippen MR) is 176 cm³/mol. The summed E-state index contributed by atoms with van der Waals surface area (Å²) in [5, 5.41) is 29.8. The van der Waals surface area contributed by atoms with Crippen molar-refractivity contribution in [2.24, 2.45) is 0 Å². The third kappa shape index (κ3) is 7.12. The third-order valence-electron chi connectivity index (χ3n) is 8.73. The Morgan fingerprint density at radius 3 is 2.18 bits per heavy atom. The van der Waals surface area contributed by atoms with E-state index in [1.165, 1.54) is 38.9 Å². The molecule has 0 aromatic heterocycles. The number of benzene rings is 4. The monoisotopic (exact) mass is 624 g/mol. The van der Waals surface area contributed by atoms with E-state index in [4.69, 9.17) is 21.8 Å². The summed E-state index contributed by atoms with van der Waals surface area (Å²) in [7, 11) is 2.14. The summed E-state index contributed by atoms with van der Waals surface area (Å²) in [6.45, 7) is 4.28. The number of phenols is 1. The van der Waals surface area contributed by atoms with Gasteiger partial charge in [-0.25, -0.2) is 9.59 Å². The lowest BCUT2D eigenvalue weighted by atomic mass is 9.82. The van der Waals surface area contributed by atoms with Crippen molar-refractivity contribution in [1.29, 1.82) is 0 Å². The highest BCUT2D eigenvalue weighted by Crippen LogP contribution is 2.48. The summed E-state index contributed by atoms with van der Waals surface area (Å²) in [6.07, 6.45) is 3.20. The molecular weight excluding hydrogens is 588 g/mol. The first-order valence-electron chi connectivity index (χ1n) is 14.9. The van der Waals surface area contributed by atoms with Crippen LogP contribution in [0.4, 0.5) is 0 Å². The van der Waals surface area contributed by atoms with E-state index in [1.807, 2.05) is 18.2 Å². The number of likely N-dealkylation sites (N-methyl/N-ethyl adjacent to an activating group) is 1. The fourth-order valence-electron chi connectivity index (χ4n) is 6.64. The molecule has 3 aliphatic rings. The van der Waals surface area contributed by atoms with Crippen molar-refractivity contribution in [3.05, 3.63) is 147 Å². The molecule has 7 rings (SSSR count). The SMILES string of the molecule is CN1CCc2cc(Cl)c(O)cc2[C@@H](c2ccccc2)C1.C[C@@]12NC(Cc3ccccc31)c1ccccc12.O=C(O)/C=C\C(=O)O. The fraction of sp³-hybridized carbons (Fsp3) is 0.243. The highest BCUT2D eigenvalue weighted by molar-refractivity contribution is 6.32. The zero-order valence-corrected chi connectivity index (χ0v) is 26.0. The summed E-state index contributed by atoms with van der Waals surface area (Å²) in [5.74, 6) is -2.06. The molecule has 0 amide bonds. The highest BCUT2D eigenvalue weighted by atomic mass is 35.5. The Morgan fingerprint density at radius 1 is 0.867 bits per heavy atom. The molecule has 7 nitrogen and oxygen atoms in total. The Labute approximate surface area is 268 Å². The highest BCUT2D eigenvalue weighted by Gasteiger charge is 2.45. The van der Waals surface area contributed by atoms with Gasteiger partial charge >= 0.3 is 11.9 Å². The minimum atomic E-state index is -1.26. The fourth-order valence-corrected chi connectivity index (χ4v) is 6.82. The maximum atomic E-state index is 9.95. The van der Waals surface area contributed by atoms with E-state index in [9.17, 15) is 14.7 Å². The van der Waals surface area contributed by atoms with Crippen LogP contribution in [-0.2, 0) is 28.0 Å². The molecular formula is C37H37ClN2O5. The zero-order valence-electron chi connectivity index (χ0n) is 25.3. The number of carbonyl (C=O) groups is 2. The molecule has 45 heavy (non-hydrogen) atoms. The average molecular weight is 625 g/mol. The van der Waals surface area contributed by atoms with Crippen LogP contribution in [0.3, 0.4) is 0 Å². The Hall–Kier alpha value is -4.43. The molecule has 3 atom stereocenters. The van der Waals surface area contributed by atoms with Gasteiger partial charge in [-0.05, 0) is 77.9 Å². The average Bonchev–Trinajstić information content (AvgIpc) is 3.15. The topological polar surface area (TPSA) is 110 Å². The Kier molecular flexibility index (Phi) is 9.73. The van der Waals surface area contributed by atoms with Crippen LogP contribution < -0.4 is 5.32 Å². The van der Waals surface area contributed by atoms with E-state index in [1.54, 1.807) is 0 Å². The van der Waals surface area contributed by atoms with Crippen LogP contribution in [0.15, 0.2) is 103 Å². The second-order valence-corrected chi connectivity index (χ2v) is 12.2. The first-order valence-corrected chi connectivity index (χ1v) is 15.3. The van der Waals surface area contributed by atoms with E-state index in [0.717, 1.165) is 25.9 Å². The lowest BCUT2D eigenvalue weighted by Gasteiger charge is -2.34. The number of rotatable bonds is 3. The van der Waals surface area contributed by atoms with Crippen LogP contribution in [-0.4, -0.2) is 52.3 Å². The molecule has 1 unspecified atom stereocenters. The van der Waals surface area contributed by atoms with Crippen molar-refractivity contribution in [3.8, 4) is 5.75 Å². The minimum Gasteiger partial charge on any atom is -0.506 e. The van der Waals surface area contributed by atoms with Gasteiger partial charge in [-0.2, -0.15) is 0 Å². The van der Waals surface area contributed by atoms with Crippen molar-refractivity contribution in [3.63, 3.8) is 0 Å². The normalized spacial score (nSPS) is 21.1. The Bertz CT molecular complexity index is 1690. The molecule has 2 bridgehead atoms. The lowest BCUT2D eigenvalue weighted by molar-refractivity contribution is -0.134. The molecule has 0 fully saturated rings. The molecule has 0 saturated carbocycles. The largest absolute Gasteiger partial charge is 0.506 e. The molecule has 0 spiro atoms. The summed E-state index contributed by atoms with van der Waals surface area (Å²) in [4.78, 5) is 21.4. The molecule has 4 aromatic carbocycles. The molecule has 3 aliphatic heterocycles. The van der Waals surface area contributed by atoms with Gasteiger partial charge in [-0.1, -0.05) is 90.5 Å². The number of carboxylic acids is 2. The van der Waals surface area contributed by atoms with Gasteiger partial charge in [0.15, 0.2) is 0 Å². The van der Waals surface area contributed by atoms with Crippen LogP contribution >= 0.6 is 11.6 Å². The van der Waals surface area contributed by atoms with Gasteiger partial charge < -0.3 is 20.2 Å². The first-order chi connectivity index (χ1) is 21.6. The number of hydrogen-bond donors (Lipinski definition) is 4. The van der Waals surface area contributed by atoms with Gasteiger partial charge in [-0.3, -0.25) is 5.32 Å². The Balaban J connectivity index is 0.000000146. The van der Waals surface area contributed by atoms with Gasteiger partial charge in [0.2, 0.25) is 0 Å². The van der Waals surface area contributed by atoms with Crippen molar-refractivity contribution in [2.45, 2.75) is 37.3 Å². The summed E-state index contributed by atoms with van der Waals surface area (Å²) >= 11 is 6.07. The van der Waals surface area contributed by atoms with Gasteiger partial charge in [0.25, 0.3) is 0 Å². The first kappa shape index (κ1) is 32.0. The van der Waals surface area contributed by atoms with E-state index < -0.39 is 11.9 Å². The van der Waals surface area contributed by atoms with Crippen LogP contribution in [0.1, 0.15) is 57.8 Å². The van der Waals surface area contributed by atoms with E-state index >= 15 is 0 Å². The van der Waals surface area contributed by atoms with Crippen molar-refractivity contribution < 1.29 is 24.9 Å². The second kappa shape index (κ2) is 13.7. The number of halogens is 1. The molecule has 4 aromatic rings. The standard InChI is InChI=1S/C17H18ClNO.C16H15N.C4H4O4/c1-19-8-7-13-9-16(18)17(20)10-14(13)15(11-19)12-5-3-2-4-6-12;1-16-13-8-4-2-6-11(13)10-15(17-16)12-7-3-5-9-14(12)16;5-3(6)1-2-4(7)8/h2-6,9-10,15,20H,7-8,11H2,1H3;2-9,15,17H,10H2,1H3;1-2H,(H,5,6)(H,7,8)/b;;2-1-/t15-;15?,16-;/m11./s1. The van der Waals surface area contributed by atoms with Crippen LogP contribution in [0, 0.1) is 0 Å². The molecule has 8 heteroatoms. The molecule has 232 valence electrons. The quantitative estimate of drug-likeness (QED) is 0.192. The third-order valence-corrected chi connectivity index (χ3v) is 9.03. The minimum absolute atomic E-state index is 0.0100. The maximum absolute atomic E-state index is 9.95. The van der Waals surface area contributed by atoms with Crippen molar-refractivity contribution in [2.75, 3.05) is 20.1 Å². The molecule has 0 saturated heterocycles. The summed E-state index contributed by atoms with van der Waals surface area (Å²) < 4.78 is 0. The number of nitrogens with zero attached hydrogens (tertiary/aromatic N) is 1. The van der Waals surface area contributed by atoms with E-state index in [-0.39, 0.29) is 17.2 Å². The number of fused-ring (bicyclic) bond motifs is 8. The maximum Gasteiger partial charge on any atom is 0.328 e.